The molecule has 2 N–H and O–H groups in total. The molecule has 28 heavy (non-hydrogen) atoms. The minimum Gasteiger partial charge on any atom is -0.330 e. The molecule has 0 bridgehead atoms. The van der Waals surface area contributed by atoms with Gasteiger partial charge in [0, 0.05) is 11.3 Å². The van der Waals surface area contributed by atoms with E-state index in [-0.39, 0.29) is 11.3 Å². The van der Waals surface area contributed by atoms with Crippen LogP contribution in [0.3, 0.4) is 0 Å². The van der Waals surface area contributed by atoms with E-state index in [0.717, 1.165) is 0 Å². The summed E-state index contributed by atoms with van der Waals surface area (Å²) in [6, 6.07) is 18.2. The van der Waals surface area contributed by atoms with Crippen LogP contribution in [-0.4, -0.2) is 16.3 Å². The van der Waals surface area contributed by atoms with Crippen LogP contribution in [0.2, 0.25) is 0 Å². The van der Waals surface area contributed by atoms with Gasteiger partial charge in [-0.1, -0.05) is 75.9 Å². The summed E-state index contributed by atoms with van der Waals surface area (Å²) in [6.07, 6.45) is 9.95. The number of rotatable bonds is 5. The van der Waals surface area contributed by atoms with Gasteiger partial charge in [-0.15, -0.1) is 0 Å². The van der Waals surface area contributed by atoms with Gasteiger partial charge in [0.1, 0.15) is 0 Å². The number of aromatic nitrogens is 2. The second-order valence-electron chi connectivity index (χ2n) is 9.09. The molecule has 1 unspecified atom stereocenters. The van der Waals surface area contributed by atoms with E-state index in [2.05, 4.69) is 73.3 Å². The zero-order valence-corrected chi connectivity index (χ0v) is 17.3. The van der Waals surface area contributed by atoms with E-state index in [1.54, 1.807) is 0 Å². The van der Waals surface area contributed by atoms with Crippen molar-refractivity contribution in [2.24, 2.45) is 11.1 Å². The summed E-state index contributed by atoms with van der Waals surface area (Å²) >= 11 is 0. The molecule has 1 heterocycles. The van der Waals surface area contributed by atoms with Gasteiger partial charge in [0.05, 0.1) is 17.8 Å². The first kappa shape index (κ1) is 19.2. The average molecular weight is 376 g/mol. The number of hydrogen-bond acceptors (Lipinski definition) is 2. The van der Waals surface area contributed by atoms with Crippen LogP contribution in [0.5, 0.6) is 0 Å². The normalized spacial score (nSPS) is 17.5. The lowest BCUT2D eigenvalue weighted by Crippen LogP contribution is -2.31. The summed E-state index contributed by atoms with van der Waals surface area (Å²) < 4.78 is 2.29. The van der Waals surface area contributed by atoms with E-state index in [4.69, 9.17) is 10.8 Å². The summed E-state index contributed by atoms with van der Waals surface area (Å²) in [5, 5.41) is 6.05. The van der Waals surface area contributed by atoms with Crippen molar-refractivity contribution in [2.75, 3.05) is 6.54 Å². The molecule has 1 aliphatic rings. The Balaban J connectivity index is 1.73. The Labute approximate surface area is 168 Å². The fourth-order valence-electron chi connectivity index (χ4n) is 4.90. The number of benzene rings is 2. The van der Waals surface area contributed by atoms with Crippen LogP contribution in [-0.2, 0) is 0 Å². The van der Waals surface area contributed by atoms with Crippen molar-refractivity contribution < 1.29 is 0 Å². The molecule has 148 valence electrons. The van der Waals surface area contributed by atoms with Crippen molar-refractivity contribution in [3.8, 4) is 0 Å². The first-order valence-corrected chi connectivity index (χ1v) is 10.8. The molecule has 0 spiro atoms. The predicted molar refractivity (Wildman–Crippen MR) is 118 cm³/mol. The van der Waals surface area contributed by atoms with Crippen molar-refractivity contribution in [3.63, 3.8) is 0 Å². The third-order valence-corrected chi connectivity index (χ3v) is 6.56. The molecule has 0 aliphatic heterocycles. The molecule has 4 rings (SSSR count). The monoisotopic (exact) mass is 375 g/mol. The lowest BCUT2D eigenvalue weighted by atomic mass is 9.71. The maximum absolute atomic E-state index is 6.19. The van der Waals surface area contributed by atoms with Crippen molar-refractivity contribution in [3.05, 3.63) is 65.9 Å². The van der Waals surface area contributed by atoms with E-state index in [0.29, 0.717) is 12.6 Å². The standard InChI is InChI=1S/C25H33N3/c1-25(2,18-26)24(19-10-6-5-7-11-19)20-14-15-23-21(16-20)17-27-28(23)22-12-8-3-4-9-13-22/h5-7,10-11,14-17,22,24H,3-4,8-9,12-13,18,26H2,1-2H3. The Morgan fingerprint density at radius 2 is 1.71 bits per heavy atom. The molecule has 1 atom stereocenters. The molecule has 1 aliphatic carbocycles. The number of fused-ring (bicyclic) bond motifs is 1. The Morgan fingerprint density at radius 1 is 1.00 bits per heavy atom. The third kappa shape index (κ3) is 3.73. The van der Waals surface area contributed by atoms with Gasteiger partial charge in [-0.3, -0.25) is 4.68 Å². The predicted octanol–water partition coefficient (Wildman–Crippen LogP) is 6.05. The third-order valence-electron chi connectivity index (χ3n) is 6.56. The largest absolute Gasteiger partial charge is 0.330 e. The quantitative estimate of drug-likeness (QED) is 0.552. The first-order valence-electron chi connectivity index (χ1n) is 10.8. The molecule has 0 radical (unpaired) electrons. The highest BCUT2D eigenvalue weighted by molar-refractivity contribution is 5.80. The SMILES string of the molecule is CC(C)(CN)C(c1ccccc1)c1ccc2c(cnn2C2CCCCCC2)c1. The summed E-state index contributed by atoms with van der Waals surface area (Å²) in [5.74, 6) is 0.268. The Kier molecular flexibility index (Phi) is 5.54. The highest BCUT2D eigenvalue weighted by Crippen LogP contribution is 2.41. The van der Waals surface area contributed by atoms with Crippen LogP contribution in [0.4, 0.5) is 0 Å². The molecule has 0 amide bonds. The van der Waals surface area contributed by atoms with Crippen molar-refractivity contribution in [2.45, 2.75) is 64.3 Å². The van der Waals surface area contributed by atoms with E-state index in [1.165, 1.54) is 60.6 Å². The Hall–Kier alpha value is -2.13. The highest BCUT2D eigenvalue weighted by Gasteiger charge is 2.31. The molecule has 3 nitrogen and oxygen atoms in total. The van der Waals surface area contributed by atoms with E-state index >= 15 is 0 Å². The number of nitrogens with zero attached hydrogens (tertiary/aromatic N) is 2. The van der Waals surface area contributed by atoms with E-state index in [9.17, 15) is 0 Å². The Bertz CT molecular complexity index is 902. The van der Waals surface area contributed by atoms with Crippen LogP contribution in [0.15, 0.2) is 54.7 Å². The van der Waals surface area contributed by atoms with E-state index < -0.39 is 0 Å². The van der Waals surface area contributed by atoms with Crippen LogP contribution in [0.25, 0.3) is 10.9 Å². The number of hydrogen-bond donors (Lipinski definition) is 1. The zero-order valence-electron chi connectivity index (χ0n) is 17.3. The van der Waals surface area contributed by atoms with Gasteiger partial charge < -0.3 is 5.73 Å². The minimum atomic E-state index is -0.0215. The van der Waals surface area contributed by atoms with Crippen LogP contribution in [0, 0.1) is 5.41 Å². The van der Waals surface area contributed by atoms with E-state index in [1.807, 2.05) is 0 Å². The fourth-order valence-corrected chi connectivity index (χ4v) is 4.90. The maximum atomic E-state index is 6.19. The van der Waals surface area contributed by atoms with Crippen molar-refractivity contribution in [1.82, 2.24) is 9.78 Å². The molecular weight excluding hydrogens is 342 g/mol. The molecule has 0 saturated heterocycles. The summed E-state index contributed by atoms with van der Waals surface area (Å²) in [7, 11) is 0. The van der Waals surface area contributed by atoms with Gasteiger partial charge in [-0.05, 0) is 48.1 Å². The molecular formula is C25H33N3. The minimum absolute atomic E-state index is 0.0215. The lowest BCUT2D eigenvalue weighted by molar-refractivity contribution is 0.330. The second kappa shape index (κ2) is 8.08. The van der Waals surface area contributed by atoms with Gasteiger partial charge in [0.15, 0.2) is 0 Å². The topological polar surface area (TPSA) is 43.8 Å². The van der Waals surface area contributed by atoms with Gasteiger partial charge in [0.2, 0.25) is 0 Å². The van der Waals surface area contributed by atoms with Gasteiger partial charge in [0.25, 0.3) is 0 Å². The molecule has 1 fully saturated rings. The van der Waals surface area contributed by atoms with Crippen LogP contribution >= 0.6 is 0 Å². The fraction of sp³-hybridized carbons (Fsp3) is 0.480. The zero-order chi connectivity index (χ0) is 19.6. The summed E-state index contributed by atoms with van der Waals surface area (Å²) in [5.41, 5.74) is 10.1. The summed E-state index contributed by atoms with van der Waals surface area (Å²) in [4.78, 5) is 0. The average Bonchev–Trinajstić information content (AvgIpc) is 2.94. The van der Waals surface area contributed by atoms with Gasteiger partial charge >= 0.3 is 0 Å². The van der Waals surface area contributed by atoms with Crippen molar-refractivity contribution >= 4 is 10.9 Å². The van der Waals surface area contributed by atoms with Gasteiger partial charge in [-0.2, -0.15) is 5.10 Å². The highest BCUT2D eigenvalue weighted by atomic mass is 15.3. The molecule has 3 heteroatoms. The van der Waals surface area contributed by atoms with Crippen molar-refractivity contribution in [1.29, 1.82) is 0 Å². The Morgan fingerprint density at radius 3 is 2.39 bits per heavy atom. The second-order valence-corrected chi connectivity index (χ2v) is 9.09. The molecule has 1 saturated carbocycles. The lowest BCUT2D eigenvalue weighted by Gasteiger charge is -2.34. The molecule has 1 aromatic heterocycles. The summed E-state index contributed by atoms with van der Waals surface area (Å²) in [6.45, 7) is 5.18. The maximum Gasteiger partial charge on any atom is 0.0685 e. The van der Waals surface area contributed by atoms with Crippen LogP contribution in [0.1, 0.15) is 75.5 Å². The first-order chi connectivity index (χ1) is 13.6. The molecule has 2 aromatic carbocycles. The number of nitrogens with two attached hydrogens (primary N) is 1. The smallest absolute Gasteiger partial charge is 0.0685 e. The van der Waals surface area contributed by atoms with Crippen LogP contribution < -0.4 is 5.73 Å². The molecule has 3 aromatic rings. The van der Waals surface area contributed by atoms with Gasteiger partial charge in [-0.25, -0.2) is 0 Å².